The normalized spacial score (nSPS) is 17.9. The van der Waals surface area contributed by atoms with Crippen molar-refractivity contribution in [3.8, 4) is 11.8 Å². The molecule has 0 aromatic carbocycles. The Kier molecular flexibility index (Phi) is 7.11. The van der Waals surface area contributed by atoms with Crippen LogP contribution in [0.4, 0.5) is 5.69 Å². The molecule has 28 heavy (non-hydrogen) atoms. The lowest BCUT2D eigenvalue weighted by Crippen LogP contribution is -2.43. The van der Waals surface area contributed by atoms with Crippen LogP contribution in [-0.2, 0) is 4.79 Å². The molecule has 1 N–H and O–H groups in total. The maximum Gasteiger partial charge on any atom is 0.348 e. The monoisotopic (exact) mass is 401 g/mol. The summed E-state index contributed by atoms with van der Waals surface area (Å²) in [7, 11) is 0. The van der Waals surface area contributed by atoms with Gasteiger partial charge in [-0.2, -0.15) is 0 Å². The van der Waals surface area contributed by atoms with Crippen LogP contribution in [0.3, 0.4) is 0 Å². The maximum absolute atomic E-state index is 13.4. The zero-order chi connectivity index (χ0) is 21.1. The number of hydrogen-bond acceptors (Lipinski definition) is 3. The second-order valence-corrected chi connectivity index (χ2v) is 9.67. The summed E-state index contributed by atoms with van der Waals surface area (Å²) in [5.41, 5.74) is 1.63. The van der Waals surface area contributed by atoms with E-state index in [0.29, 0.717) is 10.6 Å². The summed E-state index contributed by atoms with van der Waals surface area (Å²) in [6, 6.07) is 1.71. The molecular formula is C23H31NO3S. The van der Waals surface area contributed by atoms with Crippen LogP contribution in [-0.4, -0.2) is 23.0 Å². The number of carboxylic acids is 1. The van der Waals surface area contributed by atoms with E-state index in [2.05, 4.69) is 24.8 Å². The number of carboxylic acid groups (broad SMARTS) is 1. The number of anilines is 1. The van der Waals surface area contributed by atoms with Crippen LogP contribution >= 0.6 is 11.3 Å². The molecule has 1 aliphatic carbocycles. The van der Waals surface area contributed by atoms with Crippen LogP contribution < -0.4 is 4.90 Å². The van der Waals surface area contributed by atoms with Crippen LogP contribution in [0.25, 0.3) is 0 Å². The SMILES string of the molecule is CC[C@@H](C)N(C(=O)[C@@H]1CC=C(C)CC1)c1cc(C#CC(C)(C)C)sc1C(=O)O. The van der Waals surface area contributed by atoms with Gasteiger partial charge in [-0.3, -0.25) is 4.79 Å². The second kappa shape index (κ2) is 8.96. The lowest BCUT2D eigenvalue weighted by atomic mass is 9.88. The lowest BCUT2D eigenvalue weighted by molar-refractivity contribution is -0.123. The van der Waals surface area contributed by atoms with Crippen molar-refractivity contribution in [1.82, 2.24) is 0 Å². The molecule has 0 unspecified atom stereocenters. The Labute approximate surface area is 172 Å². The number of thiophene rings is 1. The van der Waals surface area contributed by atoms with Crippen molar-refractivity contribution in [2.45, 2.75) is 73.3 Å². The number of carbonyl (C=O) groups is 2. The molecule has 2 rings (SSSR count). The summed E-state index contributed by atoms with van der Waals surface area (Å²) in [4.78, 5) is 27.9. The highest BCUT2D eigenvalue weighted by atomic mass is 32.1. The van der Waals surface area contributed by atoms with Gasteiger partial charge < -0.3 is 10.0 Å². The van der Waals surface area contributed by atoms with Gasteiger partial charge in [0.05, 0.1) is 10.6 Å². The first-order valence-corrected chi connectivity index (χ1v) is 10.7. The molecular weight excluding hydrogens is 370 g/mol. The average Bonchev–Trinajstić information content (AvgIpc) is 3.04. The number of carbonyl (C=O) groups excluding carboxylic acids is 1. The molecule has 0 spiro atoms. The third kappa shape index (κ3) is 5.48. The maximum atomic E-state index is 13.4. The number of nitrogens with zero attached hydrogens (tertiary/aromatic N) is 1. The Balaban J connectivity index is 2.47. The third-order valence-electron chi connectivity index (χ3n) is 4.98. The van der Waals surface area contributed by atoms with Crippen molar-refractivity contribution in [3.05, 3.63) is 27.5 Å². The van der Waals surface area contributed by atoms with Gasteiger partial charge in [-0.05, 0) is 66.4 Å². The lowest BCUT2D eigenvalue weighted by Gasteiger charge is -2.33. The van der Waals surface area contributed by atoms with Gasteiger partial charge >= 0.3 is 5.97 Å². The number of allylic oxidation sites excluding steroid dienone is 2. The molecule has 1 aromatic heterocycles. The molecule has 1 aromatic rings. The van der Waals surface area contributed by atoms with Crippen LogP contribution in [0.1, 0.15) is 81.8 Å². The summed E-state index contributed by atoms with van der Waals surface area (Å²) in [5.74, 6) is 5.17. The van der Waals surface area contributed by atoms with E-state index in [1.165, 1.54) is 5.57 Å². The highest BCUT2D eigenvalue weighted by Crippen LogP contribution is 2.35. The van der Waals surface area contributed by atoms with Gasteiger partial charge in [0, 0.05) is 17.4 Å². The van der Waals surface area contributed by atoms with Gasteiger partial charge in [0.25, 0.3) is 0 Å². The Morgan fingerprint density at radius 1 is 1.39 bits per heavy atom. The first-order valence-electron chi connectivity index (χ1n) is 9.92. The van der Waals surface area contributed by atoms with E-state index in [0.717, 1.165) is 37.0 Å². The van der Waals surface area contributed by atoms with Crippen molar-refractivity contribution in [1.29, 1.82) is 0 Å². The summed E-state index contributed by atoms with van der Waals surface area (Å²) < 4.78 is 0. The fraction of sp³-hybridized carbons (Fsp3) is 0.565. The number of rotatable bonds is 5. The molecule has 0 aliphatic heterocycles. The Morgan fingerprint density at radius 3 is 2.57 bits per heavy atom. The zero-order valence-corrected chi connectivity index (χ0v) is 18.6. The minimum absolute atomic E-state index is 0.0220. The first-order chi connectivity index (χ1) is 13.0. The standard InChI is InChI=1S/C23H31NO3S/c1-7-16(3)24(21(25)17-10-8-15(2)9-11-17)19-14-18(12-13-23(4,5)6)28-20(19)22(26)27/h8,14,16-17H,7,9-11H2,1-6H3,(H,26,27)/t16-,17-/m1/s1. The number of aromatic carboxylic acids is 1. The summed E-state index contributed by atoms with van der Waals surface area (Å²) >= 11 is 1.15. The van der Waals surface area contributed by atoms with Crippen molar-refractivity contribution < 1.29 is 14.7 Å². The molecule has 5 heteroatoms. The number of hydrogen-bond donors (Lipinski definition) is 1. The molecule has 4 nitrogen and oxygen atoms in total. The van der Waals surface area contributed by atoms with Crippen molar-refractivity contribution in [3.63, 3.8) is 0 Å². The summed E-state index contributed by atoms with van der Waals surface area (Å²) in [6.07, 6.45) is 5.35. The van der Waals surface area contributed by atoms with Crippen LogP contribution in [0.2, 0.25) is 0 Å². The van der Waals surface area contributed by atoms with Crippen LogP contribution in [0.5, 0.6) is 0 Å². The zero-order valence-electron chi connectivity index (χ0n) is 17.8. The van der Waals surface area contributed by atoms with Crippen molar-refractivity contribution in [2.24, 2.45) is 11.3 Å². The molecule has 0 fully saturated rings. The highest BCUT2D eigenvalue weighted by Gasteiger charge is 2.32. The quantitative estimate of drug-likeness (QED) is 0.507. The largest absolute Gasteiger partial charge is 0.477 e. The minimum atomic E-state index is -1.01. The van der Waals surface area contributed by atoms with Gasteiger partial charge in [0.1, 0.15) is 4.88 Å². The van der Waals surface area contributed by atoms with Gasteiger partial charge in [0.15, 0.2) is 0 Å². The van der Waals surface area contributed by atoms with Crippen LogP contribution in [0.15, 0.2) is 17.7 Å². The predicted molar refractivity (Wildman–Crippen MR) is 116 cm³/mol. The molecule has 0 radical (unpaired) electrons. The predicted octanol–water partition coefficient (Wildman–Crippen LogP) is 5.72. The molecule has 0 saturated carbocycles. The minimum Gasteiger partial charge on any atom is -0.477 e. The first kappa shape index (κ1) is 22.2. The smallest absolute Gasteiger partial charge is 0.348 e. The molecule has 0 saturated heterocycles. The fourth-order valence-electron chi connectivity index (χ4n) is 3.17. The van der Waals surface area contributed by atoms with E-state index in [1.807, 2.05) is 34.6 Å². The molecule has 2 atom stereocenters. The van der Waals surface area contributed by atoms with Crippen molar-refractivity contribution in [2.75, 3.05) is 4.90 Å². The van der Waals surface area contributed by atoms with E-state index in [1.54, 1.807) is 11.0 Å². The second-order valence-electron chi connectivity index (χ2n) is 8.62. The topological polar surface area (TPSA) is 57.6 Å². The molecule has 152 valence electrons. The molecule has 1 aliphatic rings. The summed E-state index contributed by atoms with van der Waals surface area (Å²) in [6.45, 7) is 12.1. The van der Waals surface area contributed by atoms with E-state index in [4.69, 9.17) is 0 Å². The van der Waals surface area contributed by atoms with E-state index >= 15 is 0 Å². The number of amides is 1. The van der Waals surface area contributed by atoms with E-state index in [9.17, 15) is 14.7 Å². The van der Waals surface area contributed by atoms with Crippen LogP contribution in [0, 0.1) is 23.2 Å². The Hall–Kier alpha value is -2.06. The average molecular weight is 402 g/mol. The van der Waals surface area contributed by atoms with Gasteiger partial charge in [-0.15, -0.1) is 11.3 Å². The van der Waals surface area contributed by atoms with Crippen molar-refractivity contribution >= 4 is 28.9 Å². The molecule has 1 heterocycles. The highest BCUT2D eigenvalue weighted by molar-refractivity contribution is 7.15. The van der Waals surface area contributed by atoms with E-state index < -0.39 is 5.97 Å². The van der Waals surface area contributed by atoms with Gasteiger partial charge in [-0.25, -0.2) is 4.79 Å². The Bertz CT molecular complexity index is 832. The van der Waals surface area contributed by atoms with Gasteiger partial charge in [0.2, 0.25) is 5.91 Å². The fourth-order valence-corrected chi connectivity index (χ4v) is 4.01. The molecule has 1 amide bonds. The molecule has 0 bridgehead atoms. The summed E-state index contributed by atoms with van der Waals surface area (Å²) in [5, 5.41) is 9.75. The van der Waals surface area contributed by atoms with Gasteiger partial charge in [-0.1, -0.05) is 30.4 Å². The Morgan fingerprint density at radius 2 is 2.07 bits per heavy atom. The van der Waals surface area contributed by atoms with E-state index in [-0.39, 0.29) is 28.2 Å². The third-order valence-corrected chi connectivity index (χ3v) is 6.01.